The van der Waals surface area contributed by atoms with Gasteiger partial charge in [0.1, 0.15) is 0 Å². The first-order valence-corrected chi connectivity index (χ1v) is 7.40. The molecule has 0 aliphatic carbocycles. The van der Waals surface area contributed by atoms with Gasteiger partial charge in [0.05, 0.1) is 0 Å². The van der Waals surface area contributed by atoms with Gasteiger partial charge in [0.2, 0.25) is 0 Å². The minimum Gasteiger partial charge on any atom is -0.315 e. The third-order valence-corrected chi connectivity index (χ3v) is 4.04. The van der Waals surface area contributed by atoms with Crippen LogP contribution in [0, 0.1) is 0 Å². The Balaban J connectivity index is 1.78. The fraction of sp³-hybridized carbons (Fsp3) is 0.400. The van der Waals surface area contributed by atoms with Crippen molar-refractivity contribution < 1.29 is 0 Å². The maximum absolute atomic E-state index is 4.35. The molecule has 2 aromatic heterocycles. The summed E-state index contributed by atoms with van der Waals surface area (Å²) in [5.41, 5.74) is 1.16. The summed E-state index contributed by atoms with van der Waals surface area (Å²) < 4.78 is 0. The van der Waals surface area contributed by atoms with Crippen molar-refractivity contribution >= 4 is 11.3 Å². The van der Waals surface area contributed by atoms with Gasteiger partial charge in [0.25, 0.3) is 0 Å². The molecule has 1 N–H and O–H groups in total. The Morgan fingerprint density at radius 3 is 2.79 bits per heavy atom. The highest BCUT2D eigenvalue weighted by Crippen LogP contribution is 2.17. The molecule has 0 atom stereocenters. The van der Waals surface area contributed by atoms with Gasteiger partial charge in [-0.25, -0.2) is 0 Å². The molecule has 2 rings (SSSR count). The molecule has 2 aromatic rings. The highest BCUT2D eigenvalue weighted by molar-refractivity contribution is 7.11. The first kappa shape index (κ1) is 14.2. The van der Waals surface area contributed by atoms with Gasteiger partial charge in [-0.15, -0.1) is 11.3 Å². The van der Waals surface area contributed by atoms with Crippen LogP contribution in [-0.4, -0.2) is 30.5 Å². The van der Waals surface area contributed by atoms with Crippen molar-refractivity contribution in [2.24, 2.45) is 0 Å². The molecule has 0 saturated heterocycles. The van der Waals surface area contributed by atoms with Crippen LogP contribution < -0.4 is 5.32 Å². The Bertz CT molecular complexity index is 481. The molecule has 0 aromatic carbocycles. The molecular weight excluding hydrogens is 254 g/mol. The van der Waals surface area contributed by atoms with Crippen molar-refractivity contribution in [1.29, 1.82) is 0 Å². The predicted octanol–water partition coefficient (Wildman–Crippen LogP) is 2.54. The second kappa shape index (κ2) is 7.38. The summed E-state index contributed by atoms with van der Waals surface area (Å²) in [6.45, 7) is 3.01. The number of likely N-dealkylation sites (N-methyl/N-ethyl adjacent to an activating group) is 1. The summed E-state index contributed by atoms with van der Waals surface area (Å²) in [6.07, 6.45) is 2.87. The fourth-order valence-electron chi connectivity index (χ4n) is 1.97. The van der Waals surface area contributed by atoms with Crippen LogP contribution in [0.2, 0.25) is 0 Å². The number of hydrogen-bond donors (Lipinski definition) is 1. The van der Waals surface area contributed by atoms with Crippen molar-refractivity contribution in [3.8, 4) is 0 Å². The van der Waals surface area contributed by atoms with Crippen molar-refractivity contribution in [2.75, 3.05) is 20.6 Å². The molecule has 0 fully saturated rings. The first-order chi connectivity index (χ1) is 9.28. The van der Waals surface area contributed by atoms with E-state index in [0.29, 0.717) is 0 Å². The summed E-state index contributed by atoms with van der Waals surface area (Å²) in [5, 5.41) is 3.19. The molecule has 102 valence electrons. The lowest BCUT2D eigenvalue weighted by molar-refractivity contribution is 0.333. The van der Waals surface area contributed by atoms with Crippen LogP contribution in [0.1, 0.15) is 15.4 Å². The van der Waals surface area contributed by atoms with Crippen molar-refractivity contribution in [2.45, 2.75) is 19.5 Å². The van der Waals surface area contributed by atoms with Crippen LogP contribution in [0.5, 0.6) is 0 Å². The highest BCUT2D eigenvalue weighted by Gasteiger charge is 2.04. The van der Waals surface area contributed by atoms with Gasteiger partial charge in [-0.3, -0.25) is 4.98 Å². The number of nitrogens with one attached hydrogen (secondary N) is 1. The zero-order chi connectivity index (χ0) is 13.5. The zero-order valence-corrected chi connectivity index (χ0v) is 12.4. The number of hydrogen-bond acceptors (Lipinski definition) is 4. The number of nitrogens with zero attached hydrogens (tertiary/aromatic N) is 2. The topological polar surface area (TPSA) is 28.2 Å². The summed E-state index contributed by atoms with van der Waals surface area (Å²) in [7, 11) is 4.15. The molecule has 2 heterocycles. The van der Waals surface area contributed by atoms with E-state index in [1.165, 1.54) is 9.75 Å². The standard InChI is InChI=1S/C15H21N3S/c1-16-11-14-6-7-15(19-14)12-18(2)10-8-13-5-3-4-9-17-13/h3-7,9,16H,8,10-12H2,1-2H3. The molecule has 0 bridgehead atoms. The van der Waals surface area contributed by atoms with Crippen molar-refractivity contribution in [3.63, 3.8) is 0 Å². The van der Waals surface area contributed by atoms with Gasteiger partial charge in [-0.1, -0.05) is 6.07 Å². The third-order valence-electron chi connectivity index (χ3n) is 2.97. The van der Waals surface area contributed by atoms with E-state index in [9.17, 15) is 0 Å². The van der Waals surface area contributed by atoms with Crippen LogP contribution in [-0.2, 0) is 19.5 Å². The molecule has 0 spiro atoms. The molecular formula is C15H21N3S. The normalized spacial score (nSPS) is 11.1. The zero-order valence-electron chi connectivity index (χ0n) is 11.6. The Morgan fingerprint density at radius 1 is 1.21 bits per heavy atom. The Labute approximate surface area is 119 Å². The van der Waals surface area contributed by atoms with Crippen LogP contribution in [0.25, 0.3) is 0 Å². The molecule has 4 heteroatoms. The Morgan fingerprint density at radius 2 is 2.05 bits per heavy atom. The second-order valence-corrected chi connectivity index (χ2v) is 5.96. The fourth-order valence-corrected chi connectivity index (χ4v) is 3.08. The van der Waals surface area contributed by atoms with Gasteiger partial charge < -0.3 is 10.2 Å². The molecule has 19 heavy (non-hydrogen) atoms. The van der Waals surface area contributed by atoms with Crippen LogP contribution in [0.15, 0.2) is 36.5 Å². The smallest absolute Gasteiger partial charge is 0.0416 e. The van der Waals surface area contributed by atoms with E-state index in [1.807, 2.05) is 36.7 Å². The number of thiophene rings is 1. The monoisotopic (exact) mass is 275 g/mol. The Kier molecular flexibility index (Phi) is 5.51. The van der Waals surface area contributed by atoms with Crippen LogP contribution in [0.4, 0.5) is 0 Å². The second-order valence-electron chi connectivity index (χ2n) is 4.71. The maximum Gasteiger partial charge on any atom is 0.0416 e. The maximum atomic E-state index is 4.35. The van der Waals surface area contributed by atoms with Gasteiger partial charge >= 0.3 is 0 Å². The van der Waals surface area contributed by atoms with Crippen molar-refractivity contribution in [3.05, 3.63) is 52.0 Å². The first-order valence-electron chi connectivity index (χ1n) is 6.58. The molecule has 0 aliphatic heterocycles. The Hall–Kier alpha value is -1.23. The van der Waals surface area contributed by atoms with E-state index >= 15 is 0 Å². The number of aromatic nitrogens is 1. The van der Waals surface area contributed by atoms with E-state index < -0.39 is 0 Å². The van der Waals surface area contributed by atoms with Crippen LogP contribution in [0.3, 0.4) is 0 Å². The minimum absolute atomic E-state index is 0.961. The average Bonchev–Trinajstić information content (AvgIpc) is 2.85. The van der Waals surface area contributed by atoms with Crippen molar-refractivity contribution in [1.82, 2.24) is 15.2 Å². The molecule has 0 amide bonds. The largest absolute Gasteiger partial charge is 0.315 e. The lowest BCUT2D eigenvalue weighted by Gasteiger charge is -2.15. The highest BCUT2D eigenvalue weighted by atomic mass is 32.1. The van der Waals surface area contributed by atoms with E-state index in [2.05, 4.69) is 40.4 Å². The van der Waals surface area contributed by atoms with Crippen LogP contribution >= 0.6 is 11.3 Å². The number of rotatable bonds is 7. The van der Waals surface area contributed by atoms with E-state index in [4.69, 9.17) is 0 Å². The lowest BCUT2D eigenvalue weighted by atomic mass is 10.2. The summed E-state index contributed by atoms with van der Waals surface area (Å²) >= 11 is 1.89. The third kappa shape index (κ3) is 4.74. The summed E-state index contributed by atoms with van der Waals surface area (Å²) in [6, 6.07) is 10.5. The van der Waals surface area contributed by atoms with E-state index in [0.717, 1.165) is 31.7 Å². The SMILES string of the molecule is CNCc1ccc(CN(C)CCc2ccccn2)s1. The lowest BCUT2D eigenvalue weighted by Crippen LogP contribution is -2.20. The quantitative estimate of drug-likeness (QED) is 0.841. The van der Waals surface area contributed by atoms with E-state index in [-0.39, 0.29) is 0 Å². The molecule has 0 saturated carbocycles. The average molecular weight is 275 g/mol. The minimum atomic E-state index is 0.961. The molecule has 0 radical (unpaired) electrons. The van der Waals surface area contributed by atoms with Gasteiger partial charge in [0, 0.05) is 47.7 Å². The molecule has 0 aliphatic rings. The number of pyridine rings is 1. The van der Waals surface area contributed by atoms with Gasteiger partial charge in [-0.05, 0) is 38.4 Å². The van der Waals surface area contributed by atoms with E-state index in [1.54, 1.807) is 0 Å². The predicted molar refractivity (Wildman–Crippen MR) is 81.4 cm³/mol. The molecule has 0 unspecified atom stereocenters. The van der Waals surface area contributed by atoms with Gasteiger partial charge in [0.15, 0.2) is 0 Å². The van der Waals surface area contributed by atoms with Gasteiger partial charge in [-0.2, -0.15) is 0 Å². The molecule has 3 nitrogen and oxygen atoms in total. The summed E-state index contributed by atoms with van der Waals surface area (Å²) in [4.78, 5) is 9.53. The summed E-state index contributed by atoms with van der Waals surface area (Å²) in [5.74, 6) is 0.